The van der Waals surface area contributed by atoms with Crippen molar-refractivity contribution >= 4 is 17.4 Å². The second-order valence-electron chi connectivity index (χ2n) is 4.28. The summed E-state index contributed by atoms with van der Waals surface area (Å²) in [4.78, 5) is 11.1. The molecule has 2 rings (SSSR count). The molecular formula is C13H11F3N4O. The number of alkyl halides is 3. The van der Waals surface area contributed by atoms with Crippen molar-refractivity contribution in [1.82, 2.24) is 10.2 Å². The first-order chi connectivity index (χ1) is 9.77. The van der Waals surface area contributed by atoms with E-state index in [1.54, 1.807) is 0 Å². The quantitative estimate of drug-likeness (QED) is 0.892. The summed E-state index contributed by atoms with van der Waals surface area (Å²) in [6, 6.07) is 6.36. The maximum atomic E-state index is 12.9. The molecule has 5 nitrogen and oxygen atoms in total. The minimum absolute atomic E-state index is 0.202. The van der Waals surface area contributed by atoms with Crippen molar-refractivity contribution in [2.75, 3.05) is 11.1 Å². The highest BCUT2D eigenvalue weighted by Gasteiger charge is 2.33. The van der Waals surface area contributed by atoms with E-state index >= 15 is 0 Å². The zero-order valence-electron chi connectivity index (χ0n) is 10.9. The molecule has 1 heterocycles. The highest BCUT2D eigenvalue weighted by Crippen LogP contribution is 2.36. The molecule has 0 saturated heterocycles. The Bertz CT molecular complexity index is 668. The number of nitrogen functional groups attached to an aromatic ring is 1. The number of rotatable bonds is 2. The molecule has 0 bridgehead atoms. The smallest absolute Gasteiger partial charge is 0.382 e. The zero-order valence-corrected chi connectivity index (χ0v) is 10.9. The van der Waals surface area contributed by atoms with Gasteiger partial charge in [0.2, 0.25) is 5.91 Å². The standard InChI is InChI=1S/C13H11F3N4O/c1-7(21)18-11-6-8(2-3-9(11)13(14,15)16)10-4-5-12(17)20-19-10/h2-6H,1H3,(H2,17,20)(H,18,21). The minimum Gasteiger partial charge on any atom is -0.382 e. The second kappa shape index (κ2) is 5.39. The highest BCUT2D eigenvalue weighted by molar-refractivity contribution is 5.90. The number of nitrogens with two attached hydrogens (primary N) is 1. The van der Waals surface area contributed by atoms with Crippen LogP contribution in [0.3, 0.4) is 0 Å². The summed E-state index contributed by atoms with van der Waals surface area (Å²) in [6.45, 7) is 1.13. The number of nitrogens with one attached hydrogen (secondary N) is 1. The lowest BCUT2D eigenvalue weighted by molar-refractivity contribution is -0.136. The monoisotopic (exact) mass is 296 g/mol. The summed E-state index contributed by atoms with van der Waals surface area (Å²) in [5, 5.41) is 9.60. The first-order valence-electron chi connectivity index (χ1n) is 5.86. The molecule has 1 amide bonds. The highest BCUT2D eigenvalue weighted by atomic mass is 19.4. The van der Waals surface area contributed by atoms with Gasteiger partial charge in [0.05, 0.1) is 16.9 Å². The molecule has 0 spiro atoms. The number of benzene rings is 1. The summed E-state index contributed by atoms with van der Waals surface area (Å²) in [5.41, 5.74) is 4.89. The van der Waals surface area contributed by atoms with E-state index in [4.69, 9.17) is 5.73 Å². The van der Waals surface area contributed by atoms with Crippen LogP contribution >= 0.6 is 0 Å². The van der Waals surface area contributed by atoms with E-state index in [9.17, 15) is 18.0 Å². The normalized spacial score (nSPS) is 11.2. The van der Waals surface area contributed by atoms with Crippen molar-refractivity contribution in [3.63, 3.8) is 0 Å². The topological polar surface area (TPSA) is 80.9 Å². The maximum absolute atomic E-state index is 12.9. The molecule has 0 aliphatic heterocycles. The van der Waals surface area contributed by atoms with Crippen LogP contribution in [0.1, 0.15) is 12.5 Å². The Hall–Kier alpha value is -2.64. The van der Waals surface area contributed by atoms with Crippen molar-refractivity contribution in [3.05, 3.63) is 35.9 Å². The van der Waals surface area contributed by atoms with Crippen molar-refractivity contribution in [1.29, 1.82) is 0 Å². The molecule has 0 radical (unpaired) electrons. The molecule has 110 valence electrons. The Kier molecular flexibility index (Phi) is 3.79. The lowest BCUT2D eigenvalue weighted by atomic mass is 10.1. The SMILES string of the molecule is CC(=O)Nc1cc(-c2ccc(N)nn2)ccc1C(F)(F)F. The molecule has 1 aromatic carbocycles. The number of carbonyl (C=O) groups excluding carboxylic acids is 1. The predicted molar refractivity (Wildman–Crippen MR) is 71.2 cm³/mol. The number of anilines is 2. The van der Waals surface area contributed by atoms with E-state index in [0.29, 0.717) is 11.3 Å². The number of hydrogen-bond acceptors (Lipinski definition) is 4. The van der Waals surface area contributed by atoms with Crippen LogP contribution in [0.2, 0.25) is 0 Å². The Morgan fingerprint density at radius 1 is 1.19 bits per heavy atom. The molecule has 0 unspecified atom stereocenters. The molecule has 8 heteroatoms. The van der Waals surface area contributed by atoms with E-state index in [2.05, 4.69) is 15.5 Å². The van der Waals surface area contributed by atoms with E-state index in [1.165, 1.54) is 24.3 Å². The third-order valence-corrected chi connectivity index (χ3v) is 2.62. The van der Waals surface area contributed by atoms with Gasteiger partial charge in [-0.25, -0.2) is 0 Å². The van der Waals surface area contributed by atoms with Gasteiger partial charge in [-0.1, -0.05) is 6.07 Å². The molecule has 3 N–H and O–H groups in total. The fourth-order valence-corrected chi connectivity index (χ4v) is 1.74. The average Bonchev–Trinajstić information content (AvgIpc) is 2.37. The second-order valence-corrected chi connectivity index (χ2v) is 4.28. The molecular weight excluding hydrogens is 285 g/mol. The van der Waals surface area contributed by atoms with Crippen LogP contribution in [-0.4, -0.2) is 16.1 Å². The Morgan fingerprint density at radius 2 is 1.90 bits per heavy atom. The zero-order chi connectivity index (χ0) is 15.6. The van der Waals surface area contributed by atoms with Crippen molar-refractivity contribution in [2.45, 2.75) is 13.1 Å². The Morgan fingerprint density at radius 3 is 2.43 bits per heavy atom. The predicted octanol–water partition coefficient (Wildman–Crippen LogP) is 2.70. The lowest BCUT2D eigenvalue weighted by Gasteiger charge is -2.14. The van der Waals surface area contributed by atoms with Gasteiger partial charge in [-0.2, -0.15) is 13.2 Å². The van der Waals surface area contributed by atoms with E-state index < -0.39 is 17.6 Å². The first kappa shape index (κ1) is 14.8. The van der Waals surface area contributed by atoms with Crippen LogP contribution in [-0.2, 0) is 11.0 Å². The van der Waals surface area contributed by atoms with Gasteiger partial charge in [0.25, 0.3) is 0 Å². The molecule has 0 aliphatic carbocycles. The van der Waals surface area contributed by atoms with Gasteiger partial charge in [0.1, 0.15) is 5.82 Å². The molecule has 21 heavy (non-hydrogen) atoms. The largest absolute Gasteiger partial charge is 0.418 e. The van der Waals surface area contributed by atoms with E-state index in [0.717, 1.165) is 13.0 Å². The fraction of sp³-hybridized carbons (Fsp3) is 0.154. The Balaban J connectivity index is 2.50. The number of carbonyl (C=O) groups is 1. The van der Waals surface area contributed by atoms with Crippen LogP contribution in [0.25, 0.3) is 11.3 Å². The van der Waals surface area contributed by atoms with E-state index in [1.807, 2.05) is 0 Å². The van der Waals surface area contributed by atoms with E-state index in [-0.39, 0.29) is 11.5 Å². The summed E-state index contributed by atoms with van der Waals surface area (Å²) >= 11 is 0. The third kappa shape index (κ3) is 3.47. The summed E-state index contributed by atoms with van der Waals surface area (Å²) in [5.74, 6) is -0.395. The minimum atomic E-state index is -4.57. The third-order valence-electron chi connectivity index (χ3n) is 2.62. The first-order valence-corrected chi connectivity index (χ1v) is 5.86. The van der Waals surface area contributed by atoms with Gasteiger partial charge < -0.3 is 11.1 Å². The van der Waals surface area contributed by atoms with Gasteiger partial charge in [-0.3, -0.25) is 4.79 Å². The summed E-state index contributed by atoms with van der Waals surface area (Å²) < 4.78 is 38.7. The van der Waals surface area contributed by atoms with Crippen LogP contribution < -0.4 is 11.1 Å². The van der Waals surface area contributed by atoms with Gasteiger partial charge >= 0.3 is 6.18 Å². The molecule has 0 aliphatic rings. The van der Waals surface area contributed by atoms with Gasteiger partial charge in [0, 0.05) is 12.5 Å². The molecule has 2 aromatic rings. The van der Waals surface area contributed by atoms with Gasteiger partial charge in [-0.15, -0.1) is 10.2 Å². The molecule has 1 aromatic heterocycles. The number of hydrogen-bond donors (Lipinski definition) is 2. The molecule has 0 saturated carbocycles. The summed E-state index contributed by atoms with van der Waals surface area (Å²) in [6.07, 6.45) is -4.57. The summed E-state index contributed by atoms with van der Waals surface area (Å²) in [7, 11) is 0. The average molecular weight is 296 g/mol. The van der Waals surface area contributed by atoms with Gasteiger partial charge in [-0.05, 0) is 24.3 Å². The van der Waals surface area contributed by atoms with Crippen molar-refractivity contribution in [3.8, 4) is 11.3 Å². The fourth-order valence-electron chi connectivity index (χ4n) is 1.74. The van der Waals surface area contributed by atoms with Crippen LogP contribution in [0, 0.1) is 0 Å². The maximum Gasteiger partial charge on any atom is 0.418 e. The molecule has 0 fully saturated rings. The number of nitrogens with zero attached hydrogens (tertiary/aromatic N) is 2. The van der Waals surface area contributed by atoms with Crippen molar-refractivity contribution in [2.24, 2.45) is 0 Å². The van der Waals surface area contributed by atoms with Crippen molar-refractivity contribution < 1.29 is 18.0 Å². The van der Waals surface area contributed by atoms with Gasteiger partial charge in [0.15, 0.2) is 0 Å². The van der Waals surface area contributed by atoms with Crippen LogP contribution in [0.5, 0.6) is 0 Å². The number of aromatic nitrogens is 2. The Labute approximate surface area is 118 Å². The lowest BCUT2D eigenvalue weighted by Crippen LogP contribution is -2.14. The number of halogens is 3. The van der Waals surface area contributed by atoms with Crippen LogP contribution in [0.4, 0.5) is 24.7 Å². The van der Waals surface area contributed by atoms with Crippen LogP contribution in [0.15, 0.2) is 30.3 Å². The number of amides is 1. The molecule has 0 atom stereocenters.